The van der Waals surface area contributed by atoms with Crippen molar-refractivity contribution < 1.29 is 31.1 Å². The van der Waals surface area contributed by atoms with Crippen LogP contribution in [0.1, 0.15) is 26.7 Å². The van der Waals surface area contributed by atoms with E-state index in [0.29, 0.717) is 16.9 Å². The van der Waals surface area contributed by atoms with E-state index in [4.69, 9.17) is 14.7 Å². The largest absolute Gasteiger partial charge is 0.489 e. The van der Waals surface area contributed by atoms with E-state index in [2.05, 4.69) is 75.5 Å². The fourth-order valence-corrected chi connectivity index (χ4v) is 10.8. The van der Waals surface area contributed by atoms with Crippen molar-refractivity contribution in [1.82, 2.24) is 19.9 Å². The van der Waals surface area contributed by atoms with Gasteiger partial charge in [0.05, 0.1) is 33.6 Å². The van der Waals surface area contributed by atoms with Gasteiger partial charge in [-0.1, -0.05) is 115 Å². The van der Waals surface area contributed by atoms with Crippen LogP contribution in [0, 0.1) is 13.8 Å². The monoisotopic (exact) mass is 999 g/mol. The second kappa shape index (κ2) is 18.3. The number of alkyl halides is 6. The van der Waals surface area contributed by atoms with Gasteiger partial charge in [-0.2, -0.15) is 26.3 Å². The second-order valence-electron chi connectivity index (χ2n) is 17.2. The van der Waals surface area contributed by atoms with Crippen LogP contribution < -0.4 is 9.64 Å². The first kappa shape index (κ1) is 46.4. The number of halogens is 6. The third kappa shape index (κ3) is 8.10. The number of ether oxygens (including phenoxy) is 1. The number of hydrogen-bond donors (Lipinski definition) is 0. The number of nitrogens with zero attached hydrogens (tertiary/aromatic N) is 5. The van der Waals surface area contributed by atoms with Crippen molar-refractivity contribution in [3.8, 4) is 49.1 Å². The molecular weight excluding hydrogens is 961 g/mol. The maximum atomic E-state index is 15.8. The summed E-state index contributed by atoms with van der Waals surface area (Å²) in [5.41, 5.74) is 6.09. The standard InChI is InChI=1S/C58H39F6N5OS2/c1-35-50(67-54(71-35)40-12-6-3-7-13-40)48-49(57(61,62)58(63,64)56(48,59)60)51-36(2)72-55(68-51)41-24-28-45(29-25-41)70-34-37-18-20-38(21-19-37)46-30-31-47(53-52(46)65-32-33-66-53)39-22-26-44(27-23-39)69(42-14-8-4-9-15-42)43-16-10-5-11-17-43/h3-33H,34H2,1-2H3. The smallest absolute Gasteiger partial charge is 0.380 e. The number of allylic oxidation sites excluding steroid dienone is 2. The molecular formula is C58H39F6N5OS2. The minimum Gasteiger partial charge on any atom is -0.489 e. The van der Waals surface area contributed by atoms with Crippen LogP contribution in [0.5, 0.6) is 5.75 Å². The van der Waals surface area contributed by atoms with Gasteiger partial charge in [0.2, 0.25) is 0 Å². The zero-order valence-corrected chi connectivity index (χ0v) is 40.0. The van der Waals surface area contributed by atoms with Gasteiger partial charge in [0, 0.05) is 61.5 Å². The Morgan fingerprint density at radius 2 is 0.861 bits per heavy atom. The highest BCUT2D eigenvalue weighted by molar-refractivity contribution is 7.15. The molecule has 1 aliphatic carbocycles. The lowest BCUT2D eigenvalue weighted by Gasteiger charge is -2.25. The molecule has 6 nitrogen and oxygen atoms in total. The molecule has 0 atom stereocenters. The van der Waals surface area contributed by atoms with Crippen molar-refractivity contribution >= 4 is 61.9 Å². The maximum Gasteiger partial charge on any atom is 0.380 e. The average Bonchev–Trinajstić information content (AvgIpc) is 4.01. The Hall–Kier alpha value is -7.94. The predicted molar refractivity (Wildman–Crippen MR) is 276 cm³/mol. The minimum atomic E-state index is -5.73. The van der Waals surface area contributed by atoms with E-state index >= 15 is 26.3 Å². The first-order valence-electron chi connectivity index (χ1n) is 22.8. The molecule has 0 radical (unpaired) electrons. The third-order valence-corrected chi connectivity index (χ3v) is 14.7. The number of thiazole rings is 2. The maximum absolute atomic E-state index is 15.8. The fourth-order valence-electron chi connectivity index (χ4n) is 9.00. The van der Waals surface area contributed by atoms with Crippen molar-refractivity contribution in [1.29, 1.82) is 0 Å². The normalized spacial score (nSPS) is 14.7. The van der Waals surface area contributed by atoms with Gasteiger partial charge in [-0.3, -0.25) is 9.97 Å². The topological polar surface area (TPSA) is 64.0 Å². The summed E-state index contributed by atoms with van der Waals surface area (Å²) in [6.45, 7) is 3.02. The SMILES string of the molecule is Cc1sc(-c2ccccc2)nc1C1=C(c2nc(-c3ccc(OCc4ccc(-c5ccc(-c6ccc(N(c7ccccc7)c7ccccc7)cc6)c6nccnc56)cc4)cc3)sc2C)C(F)(F)C(F)(F)C1(F)F. The van der Waals surface area contributed by atoms with E-state index in [9.17, 15) is 0 Å². The highest BCUT2D eigenvalue weighted by Gasteiger charge is 2.81. The van der Waals surface area contributed by atoms with Crippen LogP contribution >= 0.6 is 22.7 Å². The van der Waals surface area contributed by atoms with Crippen LogP contribution in [0.25, 0.3) is 65.6 Å². The zero-order valence-electron chi connectivity index (χ0n) is 38.3. The first-order chi connectivity index (χ1) is 34.8. The van der Waals surface area contributed by atoms with Crippen LogP contribution in [-0.2, 0) is 6.61 Å². The number of anilines is 3. The van der Waals surface area contributed by atoms with Crippen LogP contribution in [0.4, 0.5) is 43.4 Å². The van der Waals surface area contributed by atoms with Crippen LogP contribution in [0.15, 0.2) is 188 Å². The molecule has 0 spiro atoms. The van der Waals surface area contributed by atoms with E-state index in [1.54, 1.807) is 67.0 Å². The molecule has 0 saturated carbocycles. The van der Waals surface area contributed by atoms with Crippen molar-refractivity contribution in [3.05, 3.63) is 215 Å². The molecule has 0 unspecified atom stereocenters. The number of rotatable bonds is 12. The minimum absolute atomic E-state index is 0.0713. The molecule has 1 aliphatic rings. The molecule has 356 valence electrons. The summed E-state index contributed by atoms with van der Waals surface area (Å²) >= 11 is 1.90. The number of aromatic nitrogens is 4. The number of hydrogen-bond acceptors (Lipinski definition) is 8. The van der Waals surface area contributed by atoms with Crippen molar-refractivity contribution in [2.24, 2.45) is 0 Å². The third-order valence-electron chi connectivity index (χ3n) is 12.6. The van der Waals surface area contributed by atoms with E-state index in [1.807, 2.05) is 60.7 Å². The Kier molecular flexibility index (Phi) is 11.8. The molecule has 0 amide bonds. The Morgan fingerprint density at radius 1 is 0.458 bits per heavy atom. The molecule has 3 aromatic heterocycles. The fraction of sp³-hybridized carbons (Fsp3) is 0.103. The molecule has 0 N–H and O–H groups in total. The highest BCUT2D eigenvalue weighted by atomic mass is 32.1. The quantitative estimate of drug-likeness (QED) is 0.114. The van der Waals surface area contributed by atoms with Gasteiger partial charge in [-0.25, -0.2) is 9.97 Å². The number of aryl methyl sites for hydroxylation is 2. The lowest BCUT2D eigenvalue weighted by Crippen LogP contribution is -2.49. The van der Waals surface area contributed by atoms with Crippen LogP contribution in [-0.4, -0.2) is 37.7 Å². The molecule has 11 rings (SSSR count). The Bertz CT molecular complexity index is 3580. The molecule has 10 aromatic rings. The van der Waals surface area contributed by atoms with Gasteiger partial charge in [0.15, 0.2) is 0 Å². The van der Waals surface area contributed by atoms with Gasteiger partial charge >= 0.3 is 17.8 Å². The van der Waals surface area contributed by atoms with Gasteiger partial charge < -0.3 is 9.64 Å². The molecule has 0 bridgehead atoms. The van der Waals surface area contributed by atoms with Crippen molar-refractivity contribution in [3.63, 3.8) is 0 Å². The number of fused-ring (bicyclic) bond motifs is 1. The summed E-state index contributed by atoms with van der Waals surface area (Å²) in [6, 6.07) is 56.1. The van der Waals surface area contributed by atoms with Gasteiger partial charge in [0.25, 0.3) is 0 Å². The summed E-state index contributed by atoms with van der Waals surface area (Å²) in [4.78, 5) is 20.5. The molecule has 0 saturated heterocycles. The highest BCUT2D eigenvalue weighted by Crippen LogP contribution is 2.65. The van der Waals surface area contributed by atoms with E-state index in [1.165, 1.54) is 13.8 Å². The summed E-state index contributed by atoms with van der Waals surface area (Å²) < 4.78 is 99.7. The van der Waals surface area contributed by atoms with Crippen molar-refractivity contribution in [2.75, 3.05) is 4.90 Å². The Balaban J connectivity index is 0.806. The second-order valence-corrected chi connectivity index (χ2v) is 19.6. The lowest BCUT2D eigenvalue weighted by atomic mass is 9.96. The van der Waals surface area contributed by atoms with Crippen LogP contribution in [0.3, 0.4) is 0 Å². The zero-order chi connectivity index (χ0) is 49.8. The summed E-state index contributed by atoms with van der Waals surface area (Å²) in [7, 11) is 0. The Labute approximate surface area is 418 Å². The molecule has 7 aromatic carbocycles. The molecule has 3 heterocycles. The Morgan fingerprint density at radius 3 is 1.33 bits per heavy atom. The molecule has 0 aliphatic heterocycles. The summed E-state index contributed by atoms with van der Waals surface area (Å²) in [5, 5.41) is 0.419. The van der Waals surface area contributed by atoms with Crippen molar-refractivity contribution in [2.45, 2.75) is 38.2 Å². The predicted octanol–water partition coefficient (Wildman–Crippen LogP) is 16.7. The average molecular weight is 1000 g/mol. The van der Waals surface area contributed by atoms with E-state index in [0.717, 1.165) is 78.6 Å². The van der Waals surface area contributed by atoms with E-state index < -0.39 is 40.3 Å². The molecule has 0 fully saturated rings. The molecule has 14 heteroatoms. The van der Waals surface area contributed by atoms with E-state index in [-0.39, 0.29) is 26.4 Å². The summed E-state index contributed by atoms with van der Waals surface area (Å²) in [5.74, 6) is -15.7. The summed E-state index contributed by atoms with van der Waals surface area (Å²) in [6.07, 6.45) is 3.39. The van der Waals surface area contributed by atoms with Crippen LogP contribution in [0.2, 0.25) is 0 Å². The van der Waals surface area contributed by atoms with Gasteiger partial charge in [0.1, 0.15) is 22.4 Å². The van der Waals surface area contributed by atoms with Gasteiger partial charge in [-0.05, 0) is 91.2 Å². The molecule has 72 heavy (non-hydrogen) atoms. The lowest BCUT2D eigenvalue weighted by molar-refractivity contribution is -0.254. The first-order valence-corrected chi connectivity index (χ1v) is 24.4. The van der Waals surface area contributed by atoms with Gasteiger partial charge in [-0.15, -0.1) is 22.7 Å². The number of para-hydroxylation sites is 2. The number of benzene rings is 7.